The molecule has 0 fully saturated rings. The Morgan fingerprint density at radius 2 is 1.83 bits per heavy atom. The molecule has 0 aliphatic carbocycles. The highest BCUT2D eigenvalue weighted by atomic mass is 32.2. The monoisotopic (exact) mass is 348 g/mol. The predicted octanol–water partition coefficient (Wildman–Crippen LogP) is 2.69. The number of hydrogen-bond donors (Lipinski definition) is 1. The zero-order chi connectivity index (χ0) is 16.9. The van der Waals surface area contributed by atoms with Crippen LogP contribution in [0.15, 0.2) is 57.2 Å². The molecule has 2 rings (SSSR count). The molecule has 0 saturated carbocycles. The predicted molar refractivity (Wildman–Crippen MR) is 78.4 cm³/mol. The van der Waals surface area contributed by atoms with Crippen LogP contribution in [0.5, 0.6) is 0 Å². The molecule has 23 heavy (non-hydrogen) atoms. The van der Waals surface area contributed by atoms with Crippen molar-refractivity contribution in [3.05, 3.63) is 53.6 Å². The molecule has 1 N–H and O–H groups in total. The summed E-state index contributed by atoms with van der Waals surface area (Å²) in [5, 5.41) is 29.8. The fraction of sp³-hybridized carbons (Fsp3) is 0. The fourth-order valence-corrected chi connectivity index (χ4v) is 3.81. The molecule has 0 radical (unpaired) electrons. The van der Waals surface area contributed by atoms with Crippen molar-refractivity contribution < 1.29 is 23.0 Å². The molecule has 0 unspecified atom stereocenters. The van der Waals surface area contributed by atoms with Crippen molar-refractivity contribution in [2.75, 3.05) is 0 Å². The summed E-state index contributed by atoms with van der Waals surface area (Å²) in [6.07, 6.45) is 0. The summed E-state index contributed by atoms with van der Waals surface area (Å²) in [5.41, 5.74) is -0.223. The van der Waals surface area contributed by atoms with Gasteiger partial charge in [0.2, 0.25) is 9.84 Å². The summed E-state index contributed by atoms with van der Waals surface area (Å²) >= 11 is 0.609. The second kappa shape index (κ2) is 7.24. The smallest absolute Gasteiger partial charge is 0.207 e. The van der Waals surface area contributed by atoms with Crippen LogP contribution in [0.25, 0.3) is 0 Å². The Balaban J connectivity index is 2.56. The zero-order valence-electron chi connectivity index (χ0n) is 11.3. The molecule has 0 aliphatic heterocycles. The first-order valence-corrected chi connectivity index (χ1v) is 8.20. The van der Waals surface area contributed by atoms with Gasteiger partial charge in [0.25, 0.3) is 0 Å². The van der Waals surface area contributed by atoms with Gasteiger partial charge in [0.05, 0.1) is 33.0 Å². The van der Waals surface area contributed by atoms with Gasteiger partial charge in [-0.05, 0) is 30.3 Å². The number of nitrogens with zero attached hydrogens (tertiary/aromatic N) is 2. The van der Waals surface area contributed by atoms with Crippen molar-refractivity contribution in [1.82, 2.24) is 0 Å². The van der Waals surface area contributed by atoms with E-state index in [0.29, 0.717) is 16.9 Å². The third-order valence-electron chi connectivity index (χ3n) is 2.82. The standard InChI is InChI=1S/C14H8N2O5S2/c15-8-10-3-1-6-14(13(10)9-16)23(18,19)12-5-2-4-11(7-12)22-21-20-17/h1-7,17H. The fourth-order valence-electron chi connectivity index (χ4n) is 1.84. The van der Waals surface area contributed by atoms with E-state index in [0.717, 1.165) is 0 Å². The van der Waals surface area contributed by atoms with E-state index in [2.05, 4.69) is 9.37 Å². The Hall–Kier alpha value is -2.40. The quantitative estimate of drug-likeness (QED) is 0.497. The van der Waals surface area contributed by atoms with E-state index in [1.807, 2.05) is 0 Å². The highest BCUT2D eigenvalue weighted by Crippen LogP contribution is 2.29. The van der Waals surface area contributed by atoms with Gasteiger partial charge in [-0.3, -0.25) is 0 Å². The van der Waals surface area contributed by atoms with Crippen LogP contribution in [0.1, 0.15) is 11.1 Å². The molecule has 0 bridgehead atoms. The first kappa shape index (κ1) is 17.0. The lowest BCUT2D eigenvalue weighted by molar-refractivity contribution is -0.432. The summed E-state index contributed by atoms with van der Waals surface area (Å²) in [5.74, 6) is 0. The van der Waals surface area contributed by atoms with E-state index >= 15 is 0 Å². The van der Waals surface area contributed by atoms with Gasteiger partial charge in [-0.25, -0.2) is 13.7 Å². The summed E-state index contributed by atoms with van der Waals surface area (Å²) in [6, 6.07) is 13.2. The molecule has 0 saturated heterocycles. The number of rotatable bonds is 5. The molecule has 9 heteroatoms. The largest absolute Gasteiger partial charge is 0.220 e. The highest BCUT2D eigenvalue weighted by molar-refractivity contribution is 7.94. The summed E-state index contributed by atoms with van der Waals surface area (Å²) < 4.78 is 29.7. The molecule has 2 aromatic rings. The summed E-state index contributed by atoms with van der Waals surface area (Å²) in [7, 11) is -4.01. The molecule has 0 aromatic heterocycles. The SMILES string of the molecule is N#Cc1cccc(S(=O)(=O)c2cccc(SOOO)c2)c1C#N. The van der Waals surface area contributed by atoms with Gasteiger partial charge in [0.15, 0.2) is 0 Å². The minimum atomic E-state index is -4.01. The average Bonchev–Trinajstić information content (AvgIpc) is 2.59. The van der Waals surface area contributed by atoms with Crippen molar-refractivity contribution in [3.8, 4) is 12.1 Å². The maximum Gasteiger partial charge on any atom is 0.207 e. The van der Waals surface area contributed by atoms with Crippen molar-refractivity contribution in [2.24, 2.45) is 0 Å². The molecule has 0 aliphatic rings. The van der Waals surface area contributed by atoms with Crippen LogP contribution in [0.4, 0.5) is 0 Å². The summed E-state index contributed by atoms with van der Waals surface area (Å²) in [6.45, 7) is 0. The molecule has 0 amide bonds. The lowest BCUT2D eigenvalue weighted by Gasteiger charge is -2.08. The van der Waals surface area contributed by atoms with Crippen molar-refractivity contribution in [3.63, 3.8) is 0 Å². The van der Waals surface area contributed by atoms with Gasteiger partial charge in [-0.15, -0.1) is 4.33 Å². The lowest BCUT2D eigenvalue weighted by Crippen LogP contribution is -2.06. The minimum Gasteiger partial charge on any atom is -0.220 e. The molecule has 7 nitrogen and oxygen atoms in total. The van der Waals surface area contributed by atoms with Crippen molar-refractivity contribution in [2.45, 2.75) is 14.7 Å². The molecule has 2 aromatic carbocycles. The molecule has 0 spiro atoms. The van der Waals surface area contributed by atoms with E-state index in [9.17, 15) is 13.7 Å². The number of hydrogen-bond acceptors (Lipinski definition) is 8. The van der Waals surface area contributed by atoms with E-state index in [1.54, 1.807) is 18.2 Å². The zero-order valence-corrected chi connectivity index (χ0v) is 13.0. The Morgan fingerprint density at radius 3 is 2.48 bits per heavy atom. The van der Waals surface area contributed by atoms with Crippen molar-refractivity contribution >= 4 is 21.9 Å². The second-order valence-corrected chi connectivity index (χ2v) is 6.80. The Kier molecular flexibility index (Phi) is 5.34. The second-order valence-electron chi connectivity index (χ2n) is 4.11. The first-order chi connectivity index (χ1) is 11.0. The van der Waals surface area contributed by atoms with Crippen LogP contribution in [0, 0.1) is 22.7 Å². The van der Waals surface area contributed by atoms with E-state index in [-0.39, 0.29) is 20.9 Å². The highest BCUT2D eigenvalue weighted by Gasteiger charge is 2.23. The van der Waals surface area contributed by atoms with Crippen LogP contribution in [-0.2, 0) is 19.2 Å². The van der Waals surface area contributed by atoms with Crippen LogP contribution in [0.2, 0.25) is 0 Å². The number of nitriles is 2. The van der Waals surface area contributed by atoms with E-state index in [1.165, 1.54) is 36.4 Å². The Morgan fingerprint density at radius 1 is 1.09 bits per heavy atom. The van der Waals surface area contributed by atoms with Gasteiger partial charge in [-0.2, -0.15) is 10.5 Å². The average molecular weight is 348 g/mol. The first-order valence-electron chi connectivity index (χ1n) is 5.97. The topological polar surface area (TPSA) is 120 Å². The molecular weight excluding hydrogens is 340 g/mol. The van der Waals surface area contributed by atoms with Crippen LogP contribution >= 0.6 is 12.0 Å². The number of benzene rings is 2. The molecule has 0 atom stereocenters. The van der Waals surface area contributed by atoms with Gasteiger partial charge < -0.3 is 0 Å². The minimum absolute atomic E-state index is 0.0175. The van der Waals surface area contributed by atoms with E-state index in [4.69, 9.17) is 10.5 Å². The lowest BCUT2D eigenvalue weighted by atomic mass is 10.1. The number of sulfone groups is 1. The maximum atomic E-state index is 12.7. The summed E-state index contributed by atoms with van der Waals surface area (Å²) in [4.78, 5) is 0.0197. The van der Waals surface area contributed by atoms with Crippen molar-refractivity contribution in [1.29, 1.82) is 10.5 Å². The molecular formula is C14H8N2O5S2. The molecule has 0 heterocycles. The van der Waals surface area contributed by atoms with Gasteiger partial charge in [0.1, 0.15) is 12.1 Å². The van der Waals surface area contributed by atoms with Gasteiger partial charge in [0, 0.05) is 4.90 Å². The normalized spacial score (nSPS) is 10.7. The third-order valence-corrected chi connectivity index (χ3v) is 5.19. The molecule has 116 valence electrons. The Bertz CT molecular complexity index is 913. The van der Waals surface area contributed by atoms with E-state index < -0.39 is 9.84 Å². The van der Waals surface area contributed by atoms with Crippen LogP contribution in [0.3, 0.4) is 0 Å². The maximum absolute atomic E-state index is 12.7. The van der Waals surface area contributed by atoms with Crippen LogP contribution < -0.4 is 0 Å². The third kappa shape index (κ3) is 3.51. The Labute approximate surface area is 136 Å². The van der Waals surface area contributed by atoms with Crippen LogP contribution in [-0.4, -0.2) is 13.7 Å². The van der Waals surface area contributed by atoms with Gasteiger partial charge in [-0.1, -0.05) is 17.2 Å². The van der Waals surface area contributed by atoms with Gasteiger partial charge >= 0.3 is 0 Å².